The first-order valence-electron chi connectivity index (χ1n) is 6.27. The maximum absolute atomic E-state index is 12.0. The molecular weight excluding hydrogens is 285 g/mol. The Bertz CT molecular complexity index is 461. The molecule has 3 nitrogen and oxygen atoms in total. The maximum Gasteiger partial charge on any atom is 0.251 e. The van der Waals surface area contributed by atoms with Gasteiger partial charge in [-0.3, -0.25) is 9.59 Å². The van der Waals surface area contributed by atoms with Crippen LogP contribution in [0.15, 0.2) is 24.3 Å². The summed E-state index contributed by atoms with van der Waals surface area (Å²) < 4.78 is 0. The standard InChI is InChI=1S/C14H15Cl2NO2/c15-13(16)9-1-3-10(4-2-9)14(19)17-11-5-7-12(18)8-6-11/h1-4,11,13H,5-8H2,(H,17,19). The molecule has 1 N–H and O–H groups in total. The molecule has 19 heavy (non-hydrogen) atoms. The van der Waals surface area contributed by atoms with E-state index in [4.69, 9.17) is 23.2 Å². The molecule has 0 bridgehead atoms. The third kappa shape index (κ3) is 3.95. The summed E-state index contributed by atoms with van der Waals surface area (Å²) in [6.45, 7) is 0. The van der Waals surface area contributed by atoms with Crippen molar-refractivity contribution in [2.75, 3.05) is 0 Å². The number of halogens is 2. The van der Waals surface area contributed by atoms with Gasteiger partial charge in [0.25, 0.3) is 5.91 Å². The van der Waals surface area contributed by atoms with E-state index in [1.807, 2.05) is 0 Å². The van der Waals surface area contributed by atoms with Crippen LogP contribution in [0.2, 0.25) is 0 Å². The molecule has 0 spiro atoms. The quantitative estimate of drug-likeness (QED) is 0.870. The zero-order valence-electron chi connectivity index (χ0n) is 10.4. The van der Waals surface area contributed by atoms with Crippen LogP contribution in [0, 0.1) is 0 Å². The van der Waals surface area contributed by atoms with Gasteiger partial charge in [0.05, 0.1) is 0 Å². The smallest absolute Gasteiger partial charge is 0.251 e. The van der Waals surface area contributed by atoms with Crippen molar-refractivity contribution >= 4 is 34.9 Å². The molecule has 0 saturated heterocycles. The molecule has 0 radical (unpaired) electrons. The number of rotatable bonds is 3. The Balaban J connectivity index is 1.94. The second-order valence-electron chi connectivity index (χ2n) is 4.71. The minimum absolute atomic E-state index is 0.0960. The number of benzene rings is 1. The highest BCUT2D eigenvalue weighted by atomic mass is 35.5. The Morgan fingerprint density at radius 2 is 1.74 bits per heavy atom. The van der Waals surface area contributed by atoms with Crippen molar-refractivity contribution in [3.8, 4) is 0 Å². The Kier molecular flexibility index (Phi) is 4.83. The molecule has 1 aromatic rings. The fourth-order valence-electron chi connectivity index (χ4n) is 2.13. The average molecular weight is 300 g/mol. The SMILES string of the molecule is O=C1CCC(NC(=O)c2ccc(C(Cl)Cl)cc2)CC1. The first kappa shape index (κ1) is 14.4. The molecular formula is C14H15Cl2NO2. The Labute approximate surface area is 122 Å². The highest BCUT2D eigenvalue weighted by Gasteiger charge is 2.20. The van der Waals surface area contributed by atoms with E-state index in [-0.39, 0.29) is 17.7 Å². The van der Waals surface area contributed by atoms with Crippen LogP contribution in [0.1, 0.15) is 46.4 Å². The molecule has 1 aromatic carbocycles. The van der Waals surface area contributed by atoms with Crippen molar-refractivity contribution in [2.45, 2.75) is 36.6 Å². The molecule has 1 amide bonds. The lowest BCUT2D eigenvalue weighted by Gasteiger charge is -2.22. The zero-order valence-corrected chi connectivity index (χ0v) is 11.9. The van der Waals surface area contributed by atoms with Crippen LogP contribution in [0.4, 0.5) is 0 Å². The van der Waals surface area contributed by atoms with Gasteiger partial charge in [-0.25, -0.2) is 0 Å². The second kappa shape index (κ2) is 6.40. The number of hydrogen-bond donors (Lipinski definition) is 1. The summed E-state index contributed by atoms with van der Waals surface area (Å²) >= 11 is 11.5. The number of hydrogen-bond acceptors (Lipinski definition) is 2. The molecule has 0 aromatic heterocycles. The van der Waals surface area contributed by atoms with Crippen LogP contribution >= 0.6 is 23.2 Å². The van der Waals surface area contributed by atoms with E-state index in [0.29, 0.717) is 18.4 Å². The van der Waals surface area contributed by atoms with E-state index >= 15 is 0 Å². The van der Waals surface area contributed by atoms with E-state index in [9.17, 15) is 9.59 Å². The van der Waals surface area contributed by atoms with E-state index in [0.717, 1.165) is 18.4 Å². The zero-order chi connectivity index (χ0) is 13.8. The Morgan fingerprint density at radius 3 is 2.26 bits per heavy atom. The number of amides is 1. The summed E-state index contributed by atoms with van der Waals surface area (Å²) in [5.74, 6) is 0.164. The summed E-state index contributed by atoms with van der Waals surface area (Å²) in [6.07, 6.45) is 2.58. The number of carbonyl (C=O) groups excluding carboxylic acids is 2. The van der Waals surface area contributed by atoms with Gasteiger partial charge < -0.3 is 5.32 Å². The monoisotopic (exact) mass is 299 g/mol. The number of ketones is 1. The summed E-state index contributed by atoms with van der Waals surface area (Å²) in [5.41, 5.74) is 1.35. The molecule has 1 aliphatic rings. The number of carbonyl (C=O) groups is 2. The van der Waals surface area contributed by atoms with Crippen LogP contribution < -0.4 is 5.32 Å². The highest BCUT2D eigenvalue weighted by molar-refractivity contribution is 6.44. The fraction of sp³-hybridized carbons (Fsp3) is 0.429. The summed E-state index contributed by atoms with van der Waals surface area (Å²) in [4.78, 5) is 22.6. The predicted octanol–water partition coefficient (Wildman–Crippen LogP) is 3.40. The normalized spacial score (nSPS) is 16.7. The van der Waals surface area contributed by atoms with E-state index in [2.05, 4.69) is 5.32 Å². The summed E-state index contributed by atoms with van der Waals surface area (Å²) in [7, 11) is 0. The van der Waals surface area contributed by atoms with Crippen molar-refractivity contribution in [3.63, 3.8) is 0 Å². The van der Waals surface area contributed by atoms with Crippen molar-refractivity contribution in [3.05, 3.63) is 35.4 Å². The van der Waals surface area contributed by atoms with Gasteiger partial charge in [0.2, 0.25) is 0 Å². The molecule has 1 aliphatic carbocycles. The fourth-order valence-corrected chi connectivity index (χ4v) is 2.42. The Hall–Kier alpha value is -1.06. The van der Waals surface area contributed by atoms with Crippen LogP contribution in [0.5, 0.6) is 0 Å². The van der Waals surface area contributed by atoms with Gasteiger partial charge >= 0.3 is 0 Å². The van der Waals surface area contributed by atoms with Gasteiger partial charge in [0.15, 0.2) is 0 Å². The first-order chi connectivity index (χ1) is 9.06. The summed E-state index contributed by atoms with van der Waals surface area (Å²) in [5, 5.41) is 2.95. The third-order valence-electron chi connectivity index (χ3n) is 3.30. The van der Waals surface area contributed by atoms with Crippen LogP contribution in [0.25, 0.3) is 0 Å². The Morgan fingerprint density at radius 1 is 1.16 bits per heavy atom. The lowest BCUT2D eigenvalue weighted by Crippen LogP contribution is -2.37. The van der Waals surface area contributed by atoms with Gasteiger partial charge in [-0.2, -0.15) is 0 Å². The minimum Gasteiger partial charge on any atom is -0.349 e. The largest absolute Gasteiger partial charge is 0.349 e. The lowest BCUT2D eigenvalue weighted by atomic mass is 9.94. The first-order valence-corrected chi connectivity index (χ1v) is 7.14. The van der Waals surface area contributed by atoms with E-state index in [1.54, 1.807) is 24.3 Å². The summed E-state index contributed by atoms with van der Waals surface area (Å²) in [6, 6.07) is 6.99. The maximum atomic E-state index is 12.0. The molecule has 1 fully saturated rings. The van der Waals surface area contributed by atoms with Crippen LogP contribution in [-0.2, 0) is 4.79 Å². The number of nitrogens with one attached hydrogen (secondary N) is 1. The molecule has 2 rings (SSSR count). The number of Topliss-reactive ketones (excluding diaryl/α,β-unsaturated/α-hetero) is 1. The molecule has 1 saturated carbocycles. The lowest BCUT2D eigenvalue weighted by molar-refractivity contribution is -0.120. The van der Waals surface area contributed by atoms with Crippen LogP contribution in [0.3, 0.4) is 0 Å². The van der Waals surface area contributed by atoms with Crippen molar-refractivity contribution in [1.82, 2.24) is 5.32 Å². The molecule has 0 heterocycles. The molecule has 0 atom stereocenters. The predicted molar refractivity (Wildman–Crippen MR) is 75.6 cm³/mol. The second-order valence-corrected chi connectivity index (χ2v) is 5.81. The third-order valence-corrected chi connectivity index (χ3v) is 3.81. The van der Waals surface area contributed by atoms with Gasteiger partial charge in [0, 0.05) is 24.4 Å². The van der Waals surface area contributed by atoms with Crippen molar-refractivity contribution < 1.29 is 9.59 Å². The molecule has 0 aliphatic heterocycles. The highest BCUT2D eigenvalue weighted by Crippen LogP contribution is 2.24. The topological polar surface area (TPSA) is 46.2 Å². The number of alkyl halides is 2. The van der Waals surface area contributed by atoms with Gasteiger partial charge in [-0.05, 0) is 30.5 Å². The van der Waals surface area contributed by atoms with Gasteiger partial charge in [-0.1, -0.05) is 12.1 Å². The average Bonchev–Trinajstić information content (AvgIpc) is 2.41. The minimum atomic E-state index is -0.582. The van der Waals surface area contributed by atoms with Gasteiger partial charge in [0.1, 0.15) is 10.6 Å². The van der Waals surface area contributed by atoms with Crippen molar-refractivity contribution in [1.29, 1.82) is 0 Å². The molecule has 102 valence electrons. The van der Waals surface area contributed by atoms with Crippen LogP contribution in [-0.4, -0.2) is 17.7 Å². The molecule has 0 unspecified atom stereocenters. The van der Waals surface area contributed by atoms with Gasteiger partial charge in [-0.15, -0.1) is 23.2 Å². The van der Waals surface area contributed by atoms with E-state index in [1.165, 1.54) is 0 Å². The van der Waals surface area contributed by atoms with E-state index < -0.39 is 4.84 Å². The van der Waals surface area contributed by atoms with Crippen molar-refractivity contribution in [2.24, 2.45) is 0 Å². The molecule has 5 heteroatoms.